The average molecular weight is 325 g/mol. The van der Waals surface area contributed by atoms with E-state index in [1.807, 2.05) is 36.4 Å². The molecule has 0 saturated heterocycles. The number of likely N-dealkylation sites (N-methyl/N-ethyl adjacent to an activating group) is 1. The van der Waals surface area contributed by atoms with Crippen molar-refractivity contribution in [3.05, 3.63) is 47.0 Å². The maximum atomic E-state index is 12.1. The van der Waals surface area contributed by atoms with Crippen LogP contribution in [0.25, 0.3) is 12.2 Å². The Morgan fingerprint density at radius 2 is 1.83 bits per heavy atom. The van der Waals surface area contributed by atoms with Gasteiger partial charge in [0.1, 0.15) is 5.75 Å². The first-order valence-corrected chi connectivity index (χ1v) is 7.56. The molecule has 1 heterocycles. The highest BCUT2D eigenvalue weighted by atomic mass is 16.5. The lowest BCUT2D eigenvalue weighted by Crippen LogP contribution is -2.21. The van der Waals surface area contributed by atoms with Crippen molar-refractivity contribution in [3.8, 4) is 17.2 Å². The summed E-state index contributed by atoms with van der Waals surface area (Å²) in [7, 11) is 4.80. The molecule has 0 atom stereocenters. The Kier molecular flexibility index (Phi) is 4.16. The van der Waals surface area contributed by atoms with Gasteiger partial charge in [0.25, 0.3) is 0 Å². The molecule has 24 heavy (non-hydrogen) atoms. The van der Waals surface area contributed by atoms with Gasteiger partial charge in [-0.25, -0.2) is 0 Å². The van der Waals surface area contributed by atoms with Crippen molar-refractivity contribution in [3.63, 3.8) is 0 Å². The molecule has 1 amide bonds. The fourth-order valence-corrected chi connectivity index (χ4v) is 2.88. The van der Waals surface area contributed by atoms with Crippen LogP contribution in [0.1, 0.15) is 16.7 Å². The molecule has 0 spiro atoms. The summed E-state index contributed by atoms with van der Waals surface area (Å²) in [5.41, 5.74) is 3.30. The molecule has 0 aliphatic carbocycles. The monoisotopic (exact) mass is 325 g/mol. The second kappa shape index (κ2) is 6.28. The zero-order valence-electron chi connectivity index (χ0n) is 13.9. The molecule has 3 rings (SSSR count). The van der Waals surface area contributed by atoms with E-state index in [0.717, 1.165) is 22.4 Å². The lowest BCUT2D eigenvalue weighted by atomic mass is 10.0. The molecule has 1 N–H and O–H groups in total. The summed E-state index contributed by atoms with van der Waals surface area (Å²) in [5, 5.41) is 10.2. The molecular weight excluding hydrogens is 306 g/mol. The fourth-order valence-electron chi connectivity index (χ4n) is 2.88. The number of anilines is 1. The predicted molar refractivity (Wildman–Crippen MR) is 93.7 cm³/mol. The molecule has 2 aromatic carbocycles. The van der Waals surface area contributed by atoms with Crippen molar-refractivity contribution in [2.75, 3.05) is 26.2 Å². The van der Waals surface area contributed by atoms with Gasteiger partial charge in [-0.1, -0.05) is 24.3 Å². The van der Waals surface area contributed by atoms with Crippen molar-refractivity contribution < 1.29 is 19.4 Å². The lowest BCUT2D eigenvalue weighted by Gasteiger charge is -2.16. The molecule has 1 aliphatic rings. The highest BCUT2D eigenvalue weighted by Crippen LogP contribution is 2.45. The molecule has 5 nitrogen and oxygen atoms in total. The van der Waals surface area contributed by atoms with Gasteiger partial charge in [0.2, 0.25) is 5.91 Å². The third kappa shape index (κ3) is 2.69. The highest BCUT2D eigenvalue weighted by Gasteiger charge is 2.31. The Bertz CT molecular complexity index is 809. The summed E-state index contributed by atoms with van der Waals surface area (Å²) in [6, 6.07) is 9.27. The Morgan fingerprint density at radius 3 is 2.46 bits per heavy atom. The first-order chi connectivity index (χ1) is 11.5. The van der Waals surface area contributed by atoms with Crippen LogP contribution in [0, 0.1) is 0 Å². The number of fused-ring (bicyclic) bond motifs is 1. The number of phenols is 1. The fraction of sp³-hybridized carbons (Fsp3) is 0.211. The van der Waals surface area contributed by atoms with Crippen LogP contribution < -0.4 is 14.4 Å². The Labute approximate surface area is 140 Å². The van der Waals surface area contributed by atoms with Gasteiger partial charge < -0.3 is 19.5 Å². The van der Waals surface area contributed by atoms with Gasteiger partial charge in [-0.3, -0.25) is 4.79 Å². The molecule has 0 saturated carbocycles. The number of ether oxygens (including phenoxy) is 2. The minimum atomic E-state index is -0.0204. The van der Waals surface area contributed by atoms with Gasteiger partial charge in [-0.15, -0.1) is 0 Å². The van der Waals surface area contributed by atoms with Gasteiger partial charge in [0, 0.05) is 7.05 Å². The van der Waals surface area contributed by atoms with Gasteiger partial charge in [0.05, 0.1) is 26.3 Å². The molecular formula is C19H19NO4. The third-order valence-corrected chi connectivity index (χ3v) is 4.19. The minimum absolute atomic E-state index is 0.0204. The molecule has 0 bridgehead atoms. The number of carbonyl (C=O) groups excluding carboxylic acids is 1. The quantitative estimate of drug-likeness (QED) is 0.878. The van der Waals surface area contributed by atoms with Crippen LogP contribution in [0.4, 0.5) is 5.69 Å². The molecule has 0 aromatic heterocycles. The number of phenolic OH excluding ortho intramolecular Hbond substituents is 1. The summed E-state index contributed by atoms with van der Waals surface area (Å²) in [6.45, 7) is 0. The maximum absolute atomic E-state index is 12.1. The molecule has 124 valence electrons. The molecule has 1 aliphatic heterocycles. The standard InChI is InChI=1S/C19H19NO4/c1-20-17(22)11-15-13(10-16(21)19(24-3)18(15)20)7-4-12-5-8-14(23-2)9-6-12/h4-10,21H,11H2,1-3H3/b7-4+. The van der Waals surface area contributed by atoms with Crippen LogP contribution in [-0.4, -0.2) is 32.3 Å². The molecule has 0 radical (unpaired) electrons. The van der Waals surface area contributed by atoms with E-state index in [1.165, 1.54) is 12.0 Å². The average Bonchev–Trinajstić information content (AvgIpc) is 2.89. The Balaban J connectivity index is 2.01. The Hall–Kier alpha value is -2.95. The van der Waals surface area contributed by atoms with E-state index in [1.54, 1.807) is 20.2 Å². The Morgan fingerprint density at radius 1 is 1.12 bits per heavy atom. The number of hydrogen-bond donors (Lipinski definition) is 1. The van der Waals surface area contributed by atoms with Crippen molar-refractivity contribution in [2.24, 2.45) is 0 Å². The first kappa shape index (κ1) is 15.9. The van der Waals surface area contributed by atoms with Gasteiger partial charge in [-0.05, 0) is 34.9 Å². The highest BCUT2D eigenvalue weighted by molar-refractivity contribution is 6.05. The van der Waals surface area contributed by atoms with Gasteiger partial charge >= 0.3 is 0 Å². The number of methoxy groups -OCH3 is 2. The second-order valence-corrected chi connectivity index (χ2v) is 5.58. The number of nitrogens with zero attached hydrogens (tertiary/aromatic N) is 1. The van der Waals surface area contributed by atoms with Crippen LogP contribution in [0.2, 0.25) is 0 Å². The SMILES string of the molecule is COc1ccc(/C=C/c2cc(O)c(OC)c3c2CC(=O)N3C)cc1. The van der Waals surface area contributed by atoms with Crippen LogP contribution >= 0.6 is 0 Å². The largest absolute Gasteiger partial charge is 0.504 e. The van der Waals surface area contributed by atoms with E-state index >= 15 is 0 Å². The number of benzene rings is 2. The predicted octanol–water partition coefficient (Wildman–Crippen LogP) is 3.10. The summed E-state index contributed by atoms with van der Waals surface area (Å²) in [6.07, 6.45) is 4.13. The number of carbonyl (C=O) groups is 1. The van der Waals surface area contributed by atoms with Crippen LogP contribution in [0.15, 0.2) is 30.3 Å². The molecule has 2 aromatic rings. The van der Waals surface area contributed by atoms with Gasteiger partial charge in [-0.2, -0.15) is 0 Å². The molecule has 5 heteroatoms. The van der Waals surface area contributed by atoms with E-state index in [0.29, 0.717) is 17.9 Å². The van der Waals surface area contributed by atoms with Crippen molar-refractivity contribution in [2.45, 2.75) is 6.42 Å². The zero-order valence-corrected chi connectivity index (χ0v) is 13.9. The first-order valence-electron chi connectivity index (χ1n) is 7.56. The normalized spacial score (nSPS) is 13.5. The zero-order chi connectivity index (χ0) is 17.3. The van der Waals surface area contributed by atoms with Crippen molar-refractivity contribution in [1.29, 1.82) is 0 Å². The van der Waals surface area contributed by atoms with E-state index in [2.05, 4.69) is 0 Å². The summed E-state index contributed by atoms with van der Waals surface area (Å²) in [5.74, 6) is 1.13. The third-order valence-electron chi connectivity index (χ3n) is 4.19. The molecule has 0 unspecified atom stereocenters. The number of amides is 1. The maximum Gasteiger partial charge on any atom is 0.231 e. The second-order valence-electron chi connectivity index (χ2n) is 5.58. The van der Waals surface area contributed by atoms with E-state index < -0.39 is 0 Å². The van der Waals surface area contributed by atoms with Crippen molar-refractivity contribution in [1.82, 2.24) is 0 Å². The summed E-state index contributed by atoms with van der Waals surface area (Å²) < 4.78 is 10.4. The van der Waals surface area contributed by atoms with Crippen LogP contribution in [-0.2, 0) is 11.2 Å². The van der Waals surface area contributed by atoms with Crippen molar-refractivity contribution >= 4 is 23.7 Å². The topological polar surface area (TPSA) is 59.0 Å². The number of rotatable bonds is 4. The smallest absolute Gasteiger partial charge is 0.231 e. The summed E-state index contributed by atoms with van der Waals surface area (Å²) in [4.78, 5) is 13.6. The van der Waals surface area contributed by atoms with Crippen LogP contribution in [0.3, 0.4) is 0 Å². The van der Waals surface area contributed by atoms with Gasteiger partial charge in [0.15, 0.2) is 11.5 Å². The lowest BCUT2D eigenvalue weighted by molar-refractivity contribution is -0.117. The summed E-state index contributed by atoms with van der Waals surface area (Å²) >= 11 is 0. The van der Waals surface area contributed by atoms with E-state index in [4.69, 9.17) is 9.47 Å². The molecule has 0 fully saturated rings. The van der Waals surface area contributed by atoms with Crippen LogP contribution in [0.5, 0.6) is 17.2 Å². The minimum Gasteiger partial charge on any atom is -0.504 e. The number of hydrogen-bond acceptors (Lipinski definition) is 4. The van der Waals surface area contributed by atoms with E-state index in [9.17, 15) is 9.90 Å². The van der Waals surface area contributed by atoms with E-state index in [-0.39, 0.29) is 11.7 Å². The number of aromatic hydroxyl groups is 1.